The van der Waals surface area contributed by atoms with Crippen molar-refractivity contribution in [3.63, 3.8) is 0 Å². The SMILES string of the molecule is C[C@@H](O[N+](=O)[O-])[C@@H](CCC(=O)O)O[N+](=O)[O-]. The normalized spacial score (nSPS) is 13.6. The Bertz CT molecular complexity index is 280. The van der Waals surface area contributed by atoms with Crippen LogP contribution in [0.1, 0.15) is 19.8 Å². The minimum Gasteiger partial charge on any atom is -0.481 e. The van der Waals surface area contributed by atoms with E-state index in [1.165, 1.54) is 6.92 Å². The zero-order chi connectivity index (χ0) is 12.7. The Morgan fingerprint density at radius 1 is 1.31 bits per heavy atom. The van der Waals surface area contributed by atoms with Gasteiger partial charge in [-0.2, -0.15) is 0 Å². The minimum atomic E-state index is -1.29. The van der Waals surface area contributed by atoms with Gasteiger partial charge < -0.3 is 14.8 Å². The summed E-state index contributed by atoms with van der Waals surface area (Å²) in [6.45, 7) is 1.18. The summed E-state index contributed by atoms with van der Waals surface area (Å²) in [5.74, 6) is -1.19. The standard InChI is InChI=1S/C6H10N2O8/c1-4(15-7(11)12)5(16-8(13)14)2-3-6(9)10/h4-5H,2-3H2,1H3,(H,9,10)/t4-,5-/m1/s1. The Morgan fingerprint density at radius 2 is 1.81 bits per heavy atom. The van der Waals surface area contributed by atoms with Gasteiger partial charge in [0.15, 0.2) is 0 Å². The molecule has 0 amide bonds. The summed E-state index contributed by atoms with van der Waals surface area (Å²) in [4.78, 5) is 38.4. The van der Waals surface area contributed by atoms with Gasteiger partial charge in [0.25, 0.3) is 10.2 Å². The van der Waals surface area contributed by atoms with Crippen LogP contribution in [-0.2, 0) is 14.5 Å². The molecular weight excluding hydrogens is 228 g/mol. The van der Waals surface area contributed by atoms with Crippen molar-refractivity contribution in [2.75, 3.05) is 0 Å². The van der Waals surface area contributed by atoms with Gasteiger partial charge >= 0.3 is 5.97 Å². The summed E-state index contributed by atoms with van der Waals surface area (Å²) in [5.41, 5.74) is 0. The molecular formula is C6H10N2O8. The van der Waals surface area contributed by atoms with Crippen molar-refractivity contribution in [2.24, 2.45) is 0 Å². The van der Waals surface area contributed by atoms with E-state index in [1.807, 2.05) is 0 Å². The number of hydrogen-bond acceptors (Lipinski definition) is 7. The summed E-state index contributed by atoms with van der Waals surface area (Å²) in [5, 5.41) is 26.1. The molecule has 0 fully saturated rings. The summed E-state index contributed by atoms with van der Waals surface area (Å²) in [6, 6.07) is 0. The van der Waals surface area contributed by atoms with Crippen LogP contribution in [0, 0.1) is 20.2 Å². The number of hydrogen-bond donors (Lipinski definition) is 1. The number of rotatable bonds is 8. The van der Waals surface area contributed by atoms with Gasteiger partial charge in [-0.05, 0) is 13.3 Å². The fourth-order valence-electron chi connectivity index (χ4n) is 0.953. The Labute approximate surface area is 89.0 Å². The van der Waals surface area contributed by atoms with Crippen LogP contribution < -0.4 is 0 Å². The summed E-state index contributed by atoms with van der Waals surface area (Å²) < 4.78 is 0. The van der Waals surface area contributed by atoms with Crippen LogP contribution in [-0.4, -0.2) is 33.5 Å². The van der Waals surface area contributed by atoms with Crippen molar-refractivity contribution in [3.05, 3.63) is 20.2 Å². The molecule has 0 rings (SSSR count). The fraction of sp³-hybridized carbons (Fsp3) is 0.833. The topological polar surface area (TPSA) is 142 Å². The van der Waals surface area contributed by atoms with Crippen molar-refractivity contribution < 1.29 is 29.7 Å². The summed E-state index contributed by atoms with van der Waals surface area (Å²) in [6.07, 6.45) is -3.19. The average Bonchev–Trinajstić information content (AvgIpc) is 2.09. The fourth-order valence-corrected chi connectivity index (χ4v) is 0.953. The molecule has 0 unspecified atom stereocenters. The molecule has 0 aromatic rings. The van der Waals surface area contributed by atoms with Crippen molar-refractivity contribution in [1.82, 2.24) is 0 Å². The lowest BCUT2D eigenvalue weighted by Gasteiger charge is -2.19. The van der Waals surface area contributed by atoms with Crippen molar-refractivity contribution in [1.29, 1.82) is 0 Å². The van der Waals surface area contributed by atoms with Gasteiger partial charge in [0, 0.05) is 6.42 Å². The van der Waals surface area contributed by atoms with Gasteiger partial charge in [-0.25, -0.2) is 0 Å². The molecule has 10 nitrogen and oxygen atoms in total. The van der Waals surface area contributed by atoms with E-state index in [4.69, 9.17) is 5.11 Å². The number of nitrogens with zero attached hydrogens (tertiary/aromatic N) is 2. The van der Waals surface area contributed by atoms with Crippen molar-refractivity contribution in [2.45, 2.75) is 32.0 Å². The smallest absolute Gasteiger partial charge is 0.303 e. The summed E-state index contributed by atoms with van der Waals surface area (Å²) >= 11 is 0. The molecule has 0 saturated heterocycles. The molecule has 2 atom stereocenters. The van der Waals surface area contributed by atoms with Crippen molar-refractivity contribution in [3.8, 4) is 0 Å². The maximum atomic E-state index is 10.2. The molecule has 0 saturated carbocycles. The second kappa shape index (κ2) is 6.37. The molecule has 0 aliphatic carbocycles. The third-order valence-electron chi connectivity index (χ3n) is 1.64. The molecule has 0 aliphatic rings. The van der Waals surface area contributed by atoms with Crippen LogP contribution in [0.2, 0.25) is 0 Å². The molecule has 1 N–H and O–H groups in total. The van der Waals surface area contributed by atoms with E-state index in [2.05, 4.69) is 9.68 Å². The molecule has 0 bridgehead atoms. The van der Waals surface area contributed by atoms with E-state index in [0.29, 0.717) is 0 Å². The van der Waals surface area contributed by atoms with E-state index >= 15 is 0 Å². The minimum absolute atomic E-state index is 0.259. The first-order chi connectivity index (χ1) is 7.32. The van der Waals surface area contributed by atoms with Crippen LogP contribution in [0.25, 0.3) is 0 Å². The highest BCUT2D eigenvalue weighted by molar-refractivity contribution is 5.66. The van der Waals surface area contributed by atoms with Crippen LogP contribution in [0.3, 0.4) is 0 Å². The van der Waals surface area contributed by atoms with Crippen LogP contribution in [0.4, 0.5) is 0 Å². The van der Waals surface area contributed by atoms with Crippen LogP contribution in [0.5, 0.6) is 0 Å². The van der Waals surface area contributed by atoms with E-state index in [1.54, 1.807) is 0 Å². The van der Waals surface area contributed by atoms with E-state index in [0.717, 1.165) is 0 Å². The Balaban J connectivity index is 4.33. The highest BCUT2D eigenvalue weighted by atomic mass is 17.0. The Hall–Kier alpha value is -2.13. The molecule has 0 heterocycles. The lowest BCUT2D eigenvalue weighted by molar-refractivity contribution is -0.798. The maximum absolute atomic E-state index is 10.2. The molecule has 0 aromatic heterocycles. The highest BCUT2D eigenvalue weighted by Gasteiger charge is 2.25. The second-order valence-electron chi connectivity index (χ2n) is 2.83. The number of carboxylic acid groups (broad SMARTS) is 1. The monoisotopic (exact) mass is 238 g/mol. The van der Waals surface area contributed by atoms with E-state index in [-0.39, 0.29) is 6.42 Å². The molecule has 0 radical (unpaired) electrons. The van der Waals surface area contributed by atoms with Crippen LogP contribution in [0.15, 0.2) is 0 Å². The Kier molecular flexibility index (Phi) is 5.52. The largest absolute Gasteiger partial charge is 0.481 e. The third kappa shape index (κ3) is 6.34. The quantitative estimate of drug-likeness (QED) is 0.460. The lowest BCUT2D eigenvalue weighted by atomic mass is 10.1. The predicted octanol–water partition coefficient (Wildman–Crippen LogP) is 0.0249. The van der Waals surface area contributed by atoms with Gasteiger partial charge in [0.05, 0.1) is 0 Å². The Morgan fingerprint density at radius 3 is 2.19 bits per heavy atom. The maximum Gasteiger partial charge on any atom is 0.303 e. The van der Waals surface area contributed by atoms with E-state index in [9.17, 15) is 25.0 Å². The first-order valence-corrected chi connectivity index (χ1v) is 4.17. The van der Waals surface area contributed by atoms with Crippen LogP contribution >= 0.6 is 0 Å². The van der Waals surface area contributed by atoms with E-state index < -0.39 is 34.8 Å². The predicted molar refractivity (Wildman–Crippen MR) is 46.3 cm³/mol. The molecule has 92 valence electrons. The highest BCUT2D eigenvalue weighted by Crippen LogP contribution is 2.11. The lowest BCUT2D eigenvalue weighted by Crippen LogP contribution is -2.33. The number of carboxylic acids is 1. The van der Waals surface area contributed by atoms with Gasteiger partial charge in [-0.3, -0.25) is 4.79 Å². The first-order valence-electron chi connectivity index (χ1n) is 4.17. The number of carbonyl (C=O) groups is 1. The van der Waals surface area contributed by atoms with Gasteiger partial charge in [-0.15, -0.1) is 20.2 Å². The third-order valence-corrected chi connectivity index (χ3v) is 1.64. The summed E-state index contributed by atoms with van der Waals surface area (Å²) in [7, 11) is 0. The van der Waals surface area contributed by atoms with Crippen molar-refractivity contribution >= 4 is 5.97 Å². The molecule has 0 aliphatic heterocycles. The molecule has 10 heteroatoms. The zero-order valence-corrected chi connectivity index (χ0v) is 8.27. The van der Waals surface area contributed by atoms with Gasteiger partial charge in [0.1, 0.15) is 12.2 Å². The van der Waals surface area contributed by atoms with Gasteiger partial charge in [0.2, 0.25) is 0 Å². The molecule has 0 spiro atoms. The van der Waals surface area contributed by atoms with Gasteiger partial charge in [-0.1, -0.05) is 0 Å². The average molecular weight is 238 g/mol. The zero-order valence-electron chi connectivity index (χ0n) is 8.27. The first kappa shape index (κ1) is 13.9. The second-order valence-corrected chi connectivity index (χ2v) is 2.83. The number of aliphatic carboxylic acids is 1. The molecule has 0 aromatic carbocycles. The molecule has 16 heavy (non-hydrogen) atoms.